The van der Waals surface area contributed by atoms with Crippen LogP contribution in [0.1, 0.15) is 56.6 Å². The van der Waals surface area contributed by atoms with E-state index in [4.69, 9.17) is 28.4 Å². The highest BCUT2D eigenvalue weighted by molar-refractivity contribution is 5.88. The Kier molecular flexibility index (Phi) is 17.1. The van der Waals surface area contributed by atoms with E-state index in [1.807, 2.05) is 12.1 Å². The zero-order valence-corrected chi connectivity index (χ0v) is 26.6. The van der Waals surface area contributed by atoms with Crippen molar-refractivity contribution in [1.82, 2.24) is 0 Å². The second kappa shape index (κ2) is 21.1. The van der Waals surface area contributed by atoms with Crippen LogP contribution in [0, 0.1) is 0 Å². The molecule has 0 radical (unpaired) electrons. The summed E-state index contributed by atoms with van der Waals surface area (Å²) in [5.41, 5.74) is 1.95. The van der Waals surface area contributed by atoms with Gasteiger partial charge < -0.3 is 33.2 Å². The Morgan fingerprint density at radius 3 is 1.60 bits per heavy atom. The van der Waals surface area contributed by atoms with Crippen LogP contribution in [0.4, 0.5) is 0 Å². The average Bonchev–Trinajstić information content (AvgIpc) is 3.05. The van der Waals surface area contributed by atoms with Crippen molar-refractivity contribution in [2.75, 3.05) is 47.8 Å². The van der Waals surface area contributed by atoms with Gasteiger partial charge in [-0.1, -0.05) is 18.7 Å². The second-order valence-electron chi connectivity index (χ2n) is 9.91. The van der Waals surface area contributed by atoms with Crippen LogP contribution in [0.3, 0.4) is 0 Å². The molecule has 0 bridgehead atoms. The molecule has 0 atom stereocenters. The molecule has 45 heavy (non-hydrogen) atoms. The number of unbranched alkanes of at least 4 members (excludes halogenated alkanes) is 4. The molecule has 0 N–H and O–H groups in total. The molecule has 0 saturated heterocycles. The number of hydrogen-bond acceptors (Lipinski definition) is 10. The van der Waals surface area contributed by atoms with E-state index in [1.54, 1.807) is 57.6 Å². The number of carbonyl (C=O) groups excluding carboxylic acids is 3. The van der Waals surface area contributed by atoms with Crippen molar-refractivity contribution in [2.45, 2.75) is 45.4 Å². The Hall–Kier alpha value is -4.73. The highest BCUT2D eigenvalue weighted by Crippen LogP contribution is 2.30. The molecule has 0 aliphatic carbocycles. The van der Waals surface area contributed by atoms with E-state index in [0.717, 1.165) is 36.8 Å². The minimum absolute atomic E-state index is 0.261. The minimum Gasteiger partial charge on any atom is -0.493 e. The van der Waals surface area contributed by atoms with E-state index in [2.05, 4.69) is 11.3 Å². The van der Waals surface area contributed by atoms with Crippen LogP contribution >= 0.6 is 0 Å². The topological polar surface area (TPSA) is 116 Å². The maximum Gasteiger partial charge on any atom is 0.333 e. The van der Waals surface area contributed by atoms with Crippen LogP contribution in [0.2, 0.25) is 0 Å². The number of ether oxygens (including phenoxy) is 7. The van der Waals surface area contributed by atoms with Crippen LogP contribution < -0.4 is 18.9 Å². The van der Waals surface area contributed by atoms with Crippen LogP contribution in [0.25, 0.3) is 12.2 Å². The minimum atomic E-state index is -0.443. The van der Waals surface area contributed by atoms with Gasteiger partial charge in [-0.05, 0) is 93.0 Å². The summed E-state index contributed by atoms with van der Waals surface area (Å²) in [4.78, 5) is 34.8. The summed E-state index contributed by atoms with van der Waals surface area (Å²) in [6.45, 7) is 6.80. The van der Waals surface area contributed by atoms with Gasteiger partial charge in [0.15, 0.2) is 23.0 Å². The zero-order valence-electron chi connectivity index (χ0n) is 26.6. The monoisotopic (exact) mass is 624 g/mol. The predicted octanol–water partition coefficient (Wildman–Crippen LogP) is 6.36. The van der Waals surface area contributed by atoms with Crippen molar-refractivity contribution >= 4 is 30.1 Å². The fourth-order valence-electron chi connectivity index (χ4n) is 3.85. The van der Waals surface area contributed by atoms with E-state index in [-0.39, 0.29) is 12.6 Å². The van der Waals surface area contributed by atoms with Gasteiger partial charge >= 0.3 is 17.9 Å². The van der Waals surface area contributed by atoms with Crippen molar-refractivity contribution in [3.63, 3.8) is 0 Å². The molecule has 10 heteroatoms. The summed E-state index contributed by atoms with van der Waals surface area (Å²) in [5.74, 6) is 1.08. The summed E-state index contributed by atoms with van der Waals surface area (Å²) < 4.78 is 37.5. The van der Waals surface area contributed by atoms with Gasteiger partial charge in [-0.25, -0.2) is 14.4 Å². The van der Waals surface area contributed by atoms with E-state index in [0.29, 0.717) is 61.2 Å². The number of rotatable bonds is 21. The molecule has 10 nitrogen and oxygen atoms in total. The van der Waals surface area contributed by atoms with E-state index in [1.165, 1.54) is 19.3 Å². The van der Waals surface area contributed by atoms with Crippen molar-refractivity contribution in [1.29, 1.82) is 0 Å². The molecule has 0 aromatic heterocycles. The molecule has 0 amide bonds. The molecule has 0 aliphatic rings. The Morgan fingerprint density at radius 2 is 1.09 bits per heavy atom. The van der Waals surface area contributed by atoms with Gasteiger partial charge in [-0.3, -0.25) is 0 Å². The van der Waals surface area contributed by atoms with Crippen LogP contribution in [0.15, 0.2) is 60.7 Å². The first kappa shape index (κ1) is 36.5. The first-order valence-electron chi connectivity index (χ1n) is 14.8. The fraction of sp³-hybridized carbons (Fsp3) is 0.400. The molecule has 0 fully saturated rings. The van der Waals surface area contributed by atoms with E-state index >= 15 is 0 Å². The second-order valence-corrected chi connectivity index (χ2v) is 9.91. The standard InChI is InChI=1S/C35H44O10/c1-26(2)35(38)45-23-9-7-6-8-20-42-29-17-13-28(25-32(29)40-4)15-19-34(37)44-22-11-10-21-43-30-16-12-27(24-31(30)39-3)14-18-33(36)41-5/h12-19,24-25H,1,6-11,20-23H2,2-5H3/b18-14+,19-15+. The number of hydrogen-bond donors (Lipinski definition) is 0. The molecule has 0 aliphatic heterocycles. The van der Waals surface area contributed by atoms with Gasteiger partial charge in [-0.2, -0.15) is 0 Å². The van der Waals surface area contributed by atoms with Gasteiger partial charge in [0.25, 0.3) is 0 Å². The first-order valence-corrected chi connectivity index (χ1v) is 14.8. The Bertz CT molecular complexity index is 1310. The van der Waals surface area contributed by atoms with Crippen molar-refractivity contribution < 1.29 is 47.5 Å². The molecule has 0 unspecified atom stereocenters. The third-order valence-electron chi connectivity index (χ3n) is 6.32. The normalized spacial score (nSPS) is 10.8. The highest BCUT2D eigenvalue weighted by atomic mass is 16.5. The first-order chi connectivity index (χ1) is 21.8. The van der Waals surface area contributed by atoms with Gasteiger partial charge in [0.2, 0.25) is 0 Å². The van der Waals surface area contributed by atoms with Gasteiger partial charge in [-0.15, -0.1) is 0 Å². The van der Waals surface area contributed by atoms with Crippen LogP contribution in [0.5, 0.6) is 23.0 Å². The van der Waals surface area contributed by atoms with Crippen molar-refractivity contribution in [3.8, 4) is 23.0 Å². The van der Waals surface area contributed by atoms with Gasteiger partial charge in [0.05, 0.1) is 47.8 Å². The number of esters is 3. The van der Waals surface area contributed by atoms with E-state index in [9.17, 15) is 14.4 Å². The fourth-order valence-corrected chi connectivity index (χ4v) is 3.85. The number of methoxy groups -OCH3 is 3. The molecule has 0 saturated carbocycles. The molecule has 2 rings (SSSR count). The SMILES string of the molecule is C=C(C)C(=O)OCCCCCCOc1ccc(/C=C/C(=O)OCCCCOc2ccc(/C=C/C(=O)OC)cc2OC)cc1OC. The molecule has 0 heterocycles. The Labute approximate surface area is 265 Å². The third kappa shape index (κ3) is 14.5. The number of carbonyl (C=O) groups is 3. The molecule has 2 aromatic rings. The summed E-state index contributed by atoms with van der Waals surface area (Å²) in [6, 6.07) is 10.8. The lowest BCUT2D eigenvalue weighted by Crippen LogP contribution is -2.06. The maximum absolute atomic E-state index is 12.2. The van der Waals surface area contributed by atoms with Gasteiger partial charge in [0, 0.05) is 17.7 Å². The van der Waals surface area contributed by atoms with E-state index < -0.39 is 11.9 Å². The predicted molar refractivity (Wildman–Crippen MR) is 171 cm³/mol. The van der Waals surface area contributed by atoms with Crippen molar-refractivity contribution in [3.05, 3.63) is 71.8 Å². The lowest BCUT2D eigenvalue weighted by Gasteiger charge is -2.11. The Morgan fingerprint density at radius 1 is 0.622 bits per heavy atom. The summed E-state index contributed by atoms with van der Waals surface area (Å²) >= 11 is 0. The summed E-state index contributed by atoms with van der Waals surface area (Å²) in [7, 11) is 4.43. The van der Waals surface area contributed by atoms with Crippen molar-refractivity contribution in [2.24, 2.45) is 0 Å². The quantitative estimate of drug-likeness (QED) is 0.0672. The smallest absolute Gasteiger partial charge is 0.333 e. The average molecular weight is 625 g/mol. The largest absolute Gasteiger partial charge is 0.493 e. The highest BCUT2D eigenvalue weighted by Gasteiger charge is 2.08. The third-order valence-corrected chi connectivity index (χ3v) is 6.32. The molecular weight excluding hydrogens is 580 g/mol. The summed E-state index contributed by atoms with van der Waals surface area (Å²) in [6.07, 6.45) is 10.8. The lowest BCUT2D eigenvalue weighted by molar-refractivity contribution is -0.139. The molecule has 244 valence electrons. The molecule has 0 spiro atoms. The lowest BCUT2D eigenvalue weighted by atomic mass is 10.2. The number of benzene rings is 2. The maximum atomic E-state index is 12.2. The van der Waals surface area contributed by atoms with Crippen LogP contribution in [-0.4, -0.2) is 65.7 Å². The zero-order chi connectivity index (χ0) is 32.9. The van der Waals surface area contributed by atoms with Crippen LogP contribution in [-0.2, 0) is 28.6 Å². The Balaban J connectivity index is 1.66. The summed E-state index contributed by atoms with van der Waals surface area (Å²) in [5, 5.41) is 0. The molecular formula is C35H44O10. The molecule has 2 aromatic carbocycles. The van der Waals surface area contributed by atoms with Gasteiger partial charge in [0.1, 0.15) is 0 Å².